The summed E-state index contributed by atoms with van der Waals surface area (Å²) in [6, 6.07) is 0. The second-order valence-corrected chi connectivity index (χ2v) is 6.03. The maximum absolute atomic E-state index is 13.5. The molecule has 2 atom stereocenters. The molecule has 0 bridgehead atoms. The molecule has 1 N–H and O–H groups in total. The van der Waals surface area contributed by atoms with Gasteiger partial charge in [-0.1, -0.05) is 0 Å². The average molecular weight is 355 g/mol. The maximum atomic E-state index is 13.5. The number of aliphatic hydroxyl groups is 1. The predicted molar refractivity (Wildman–Crippen MR) is 70.2 cm³/mol. The number of halogens is 6. The van der Waals surface area contributed by atoms with Crippen LogP contribution in [-0.4, -0.2) is 22.8 Å². The van der Waals surface area contributed by atoms with Crippen LogP contribution in [0.1, 0.15) is 53.4 Å². The zero-order valence-electron chi connectivity index (χ0n) is 12.5. The van der Waals surface area contributed by atoms with Crippen LogP contribution >= 0.6 is 0 Å². The van der Waals surface area contributed by atoms with Crippen molar-refractivity contribution in [1.29, 1.82) is 0 Å². The lowest BCUT2D eigenvalue weighted by Crippen LogP contribution is -2.23. The monoisotopic (exact) mass is 355 g/mol. The molecule has 0 unspecified atom stereocenters. The average Bonchev–Trinajstić information content (AvgIpc) is 3.11. The molecular weight excluding hydrogens is 340 g/mol. The molecule has 1 aliphatic heterocycles. The molecule has 3 rings (SSSR count). The third kappa shape index (κ3) is 2.99. The second-order valence-electron chi connectivity index (χ2n) is 6.03. The molecule has 0 saturated carbocycles. The summed E-state index contributed by atoms with van der Waals surface area (Å²) >= 11 is 0. The molecule has 9 heteroatoms. The van der Waals surface area contributed by atoms with Gasteiger partial charge in [0.15, 0.2) is 0 Å². The van der Waals surface area contributed by atoms with Gasteiger partial charge in [-0.25, -0.2) is 4.98 Å². The molecule has 1 fully saturated rings. The van der Waals surface area contributed by atoms with Gasteiger partial charge in [0.2, 0.25) is 0 Å². The Balaban J connectivity index is 2.19. The number of aromatic nitrogens is 1. The molecule has 1 aromatic rings. The summed E-state index contributed by atoms with van der Waals surface area (Å²) in [7, 11) is 0. The number of nitrogens with zero attached hydrogens (tertiary/aromatic N) is 1. The highest BCUT2D eigenvalue weighted by Crippen LogP contribution is 2.47. The lowest BCUT2D eigenvalue weighted by molar-refractivity contribution is -0.147. The molecule has 134 valence electrons. The van der Waals surface area contributed by atoms with Crippen LogP contribution in [0.3, 0.4) is 0 Å². The molecule has 1 aliphatic carbocycles. The van der Waals surface area contributed by atoms with E-state index in [9.17, 15) is 26.3 Å². The smallest absolute Gasteiger partial charge is 0.394 e. The fourth-order valence-electron chi connectivity index (χ4n) is 3.50. The Labute approximate surface area is 133 Å². The van der Waals surface area contributed by atoms with Crippen molar-refractivity contribution in [1.82, 2.24) is 4.98 Å². The number of hydrogen-bond acceptors (Lipinski definition) is 3. The molecule has 0 aromatic carbocycles. The Morgan fingerprint density at radius 1 is 1.00 bits per heavy atom. The van der Waals surface area contributed by atoms with E-state index in [2.05, 4.69) is 4.98 Å². The summed E-state index contributed by atoms with van der Waals surface area (Å²) in [6.07, 6.45) is -11.0. The summed E-state index contributed by atoms with van der Waals surface area (Å²) in [5.74, 6) is 0. The highest BCUT2D eigenvalue weighted by atomic mass is 19.4. The topological polar surface area (TPSA) is 42.4 Å². The quantitative estimate of drug-likeness (QED) is 0.820. The summed E-state index contributed by atoms with van der Waals surface area (Å²) in [4.78, 5) is 3.38. The lowest BCUT2D eigenvalue weighted by Gasteiger charge is -2.23. The van der Waals surface area contributed by atoms with Gasteiger partial charge in [-0.3, -0.25) is 0 Å². The van der Waals surface area contributed by atoms with Crippen molar-refractivity contribution in [2.24, 2.45) is 0 Å². The SMILES string of the molecule is OC[C@@H]1CC[C@H](c2nc(C(F)(F)F)c3c(c2C(F)(F)F)CCC3)O1. The standard InChI is InChI=1S/C15H15F6NO2/c16-14(17,18)11-8-2-1-3-9(8)13(15(19,20)21)22-12(11)10-5-4-7(6-23)24-10/h7,10,23H,1-6H2/t7-,10+/m0/s1. The Bertz CT molecular complexity index is 640. The van der Waals surface area contributed by atoms with Gasteiger partial charge in [-0.2, -0.15) is 26.3 Å². The molecule has 0 amide bonds. The minimum Gasteiger partial charge on any atom is -0.394 e. The van der Waals surface area contributed by atoms with E-state index < -0.39 is 48.1 Å². The molecule has 2 heterocycles. The number of pyridine rings is 1. The summed E-state index contributed by atoms with van der Waals surface area (Å²) in [5.41, 5.74) is -3.70. The molecule has 0 radical (unpaired) electrons. The van der Waals surface area contributed by atoms with Gasteiger partial charge in [0.05, 0.1) is 24.0 Å². The van der Waals surface area contributed by atoms with Gasteiger partial charge in [-0.15, -0.1) is 0 Å². The van der Waals surface area contributed by atoms with Crippen molar-refractivity contribution in [3.05, 3.63) is 28.1 Å². The Hall–Kier alpha value is -1.35. The third-order valence-corrected chi connectivity index (χ3v) is 4.46. The van der Waals surface area contributed by atoms with Gasteiger partial charge < -0.3 is 9.84 Å². The van der Waals surface area contributed by atoms with E-state index in [4.69, 9.17) is 9.84 Å². The third-order valence-electron chi connectivity index (χ3n) is 4.46. The second kappa shape index (κ2) is 5.87. The van der Waals surface area contributed by atoms with Crippen LogP contribution in [0.4, 0.5) is 26.3 Å². The van der Waals surface area contributed by atoms with Crippen LogP contribution in [0.2, 0.25) is 0 Å². The highest BCUT2D eigenvalue weighted by molar-refractivity contribution is 5.46. The van der Waals surface area contributed by atoms with Crippen LogP contribution in [-0.2, 0) is 29.9 Å². The first-order chi connectivity index (χ1) is 11.1. The van der Waals surface area contributed by atoms with Crippen molar-refractivity contribution in [2.75, 3.05) is 6.61 Å². The van der Waals surface area contributed by atoms with Gasteiger partial charge in [0.1, 0.15) is 11.8 Å². The lowest BCUT2D eigenvalue weighted by atomic mass is 9.96. The maximum Gasteiger partial charge on any atom is 0.433 e. The zero-order valence-corrected chi connectivity index (χ0v) is 12.5. The van der Waals surface area contributed by atoms with Crippen LogP contribution in [0.15, 0.2) is 0 Å². The van der Waals surface area contributed by atoms with E-state index in [1.807, 2.05) is 0 Å². The van der Waals surface area contributed by atoms with E-state index in [-0.39, 0.29) is 43.2 Å². The zero-order chi connectivity index (χ0) is 17.7. The minimum absolute atomic E-state index is 0.0566. The number of rotatable bonds is 2. The van der Waals surface area contributed by atoms with Gasteiger partial charge >= 0.3 is 12.4 Å². The Morgan fingerprint density at radius 2 is 1.67 bits per heavy atom. The van der Waals surface area contributed by atoms with Crippen molar-refractivity contribution in [3.8, 4) is 0 Å². The molecule has 1 saturated heterocycles. The van der Waals surface area contributed by atoms with E-state index in [0.717, 1.165) is 0 Å². The van der Waals surface area contributed by atoms with E-state index in [1.165, 1.54) is 0 Å². The molecule has 1 aromatic heterocycles. The van der Waals surface area contributed by atoms with Crippen molar-refractivity contribution >= 4 is 0 Å². The van der Waals surface area contributed by atoms with Crippen molar-refractivity contribution < 1.29 is 36.2 Å². The first-order valence-corrected chi connectivity index (χ1v) is 7.59. The van der Waals surface area contributed by atoms with Crippen LogP contribution in [0.5, 0.6) is 0 Å². The first-order valence-electron chi connectivity index (χ1n) is 7.59. The molecule has 2 aliphatic rings. The van der Waals surface area contributed by atoms with E-state index in [0.29, 0.717) is 0 Å². The van der Waals surface area contributed by atoms with Crippen molar-refractivity contribution in [3.63, 3.8) is 0 Å². The number of aliphatic hydroxyl groups excluding tert-OH is 1. The number of hydrogen-bond donors (Lipinski definition) is 1. The highest BCUT2D eigenvalue weighted by Gasteiger charge is 2.47. The van der Waals surface area contributed by atoms with Gasteiger partial charge in [0, 0.05) is 0 Å². The van der Waals surface area contributed by atoms with Crippen LogP contribution in [0.25, 0.3) is 0 Å². The fourth-order valence-corrected chi connectivity index (χ4v) is 3.50. The minimum atomic E-state index is -4.82. The predicted octanol–water partition coefficient (Wildman–Crippen LogP) is 3.82. The van der Waals surface area contributed by atoms with Gasteiger partial charge in [0.25, 0.3) is 0 Å². The molecule has 0 spiro atoms. The number of ether oxygens (including phenoxy) is 1. The summed E-state index contributed by atoms with van der Waals surface area (Å²) in [5, 5.41) is 9.05. The molecular formula is C15H15F6NO2. The van der Waals surface area contributed by atoms with Crippen LogP contribution in [0, 0.1) is 0 Å². The Kier molecular flexibility index (Phi) is 4.28. The summed E-state index contributed by atoms with van der Waals surface area (Å²) in [6.45, 7) is -0.394. The Morgan fingerprint density at radius 3 is 2.21 bits per heavy atom. The number of fused-ring (bicyclic) bond motifs is 1. The molecule has 24 heavy (non-hydrogen) atoms. The van der Waals surface area contributed by atoms with E-state index >= 15 is 0 Å². The van der Waals surface area contributed by atoms with E-state index in [1.54, 1.807) is 0 Å². The molecule has 3 nitrogen and oxygen atoms in total. The fraction of sp³-hybridized carbons (Fsp3) is 0.667. The largest absolute Gasteiger partial charge is 0.433 e. The first kappa shape index (κ1) is 17.5. The normalized spacial score (nSPS) is 24.5. The van der Waals surface area contributed by atoms with Crippen molar-refractivity contribution in [2.45, 2.75) is 56.7 Å². The number of alkyl halides is 6. The van der Waals surface area contributed by atoms with Gasteiger partial charge in [-0.05, 0) is 43.2 Å². The van der Waals surface area contributed by atoms with Crippen LogP contribution < -0.4 is 0 Å². The summed E-state index contributed by atoms with van der Waals surface area (Å²) < 4.78 is 85.7.